The molecule has 5 rings (SSSR count). The van der Waals surface area contributed by atoms with E-state index in [1.165, 1.54) is 11.1 Å². The third kappa shape index (κ3) is 4.81. The topological polar surface area (TPSA) is 67.3 Å². The molecule has 1 N–H and O–H groups in total. The van der Waals surface area contributed by atoms with Gasteiger partial charge in [-0.1, -0.05) is 24.3 Å². The van der Waals surface area contributed by atoms with Crippen molar-refractivity contribution in [3.05, 3.63) is 64.7 Å². The van der Waals surface area contributed by atoms with Crippen LogP contribution in [-0.4, -0.2) is 90.1 Å². The van der Waals surface area contributed by atoms with Gasteiger partial charge in [0, 0.05) is 77.1 Å². The summed E-state index contributed by atoms with van der Waals surface area (Å²) >= 11 is 0. The first-order valence-electron chi connectivity index (χ1n) is 12.4. The van der Waals surface area contributed by atoms with E-state index in [4.69, 9.17) is 0 Å². The van der Waals surface area contributed by atoms with Crippen molar-refractivity contribution in [2.24, 2.45) is 0 Å². The lowest BCUT2D eigenvalue weighted by Gasteiger charge is -2.37. The molecule has 0 saturated carbocycles. The summed E-state index contributed by atoms with van der Waals surface area (Å²) in [7, 11) is 0. The quantitative estimate of drug-likeness (QED) is 0.734. The van der Waals surface area contributed by atoms with E-state index >= 15 is 0 Å². The highest BCUT2D eigenvalue weighted by Gasteiger charge is 2.28. The molecule has 1 saturated heterocycles. The van der Waals surface area contributed by atoms with Crippen LogP contribution >= 0.6 is 0 Å². The molecule has 2 amide bonds. The number of amides is 2. The normalized spacial score (nSPS) is 19.6. The Bertz CT molecular complexity index is 1060. The first-order valence-corrected chi connectivity index (χ1v) is 12.4. The number of rotatable bonds is 5. The summed E-state index contributed by atoms with van der Waals surface area (Å²) in [5.74, 6) is 0.139. The van der Waals surface area contributed by atoms with Crippen LogP contribution in [0, 0.1) is 0 Å². The van der Waals surface area contributed by atoms with Crippen LogP contribution in [0.15, 0.2) is 42.5 Å². The molecule has 1 unspecified atom stereocenters. The Morgan fingerprint density at radius 3 is 2.41 bits per heavy atom. The Balaban J connectivity index is 1.17. The Morgan fingerprint density at radius 2 is 1.65 bits per heavy atom. The van der Waals surface area contributed by atoms with Crippen molar-refractivity contribution in [1.29, 1.82) is 0 Å². The van der Waals surface area contributed by atoms with Crippen molar-refractivity contribution in [3.8, 4) is 0 Å². The number of carbonyl (C=O) groups is 2. The minimum atomic E-state index is -0.562. The lowest BCUT2D eigenvalue weighted by molar-refractivity contribution is -0.129. The molecule has 0 aromatic heterocycles. The number of anilines is 1. The van der Waals surface area contributed by atoms with E-state index in [1.54, 1.807) is 11.8 Å². The number of carbonyl (C=O) groups excluding carboxylic acids is 2. The van der Waals surface area contributed by atoms with Gasteiger partial charge in [0.1, 0.15) is 0 Å². The first-order chi connectivity index (χ1) is 16.5. The second-order valence-electron chi connectivity index (χ2n) is 9.74. The minimum Gasteiger partial charge on any atom is -0.390 e. The SMILES string of the molecule is CC(=O)N1CCN(c2ccc3c(c2)CCN(CC(O)CN2CCc4ccccc4C2)C3=O)CC1. The zero-order chi connectivity index (χ0) is 23.7. The Hall–Kier alpha value is -2.90. The zero-order valence-corrected chi connectivity index (χ0v) is 19.9. The van der Waals surface area contributed by atoms with E-state index < -0.39 is 6.10 Å². The maximum Gasteiger partial charge on any atom is 0.254 e. The van der Waals surface area contributed by atoms with Crippen molar-refractivity contribution in [3.63, 3.8) is 0 Å². The van der Waals surface area contributed by atoms with Crippen molar-refractivity contribution in [2.45, 2.75) is 32.4 Å². The van der Waals surface area contributed by atoms with E-state index in [1.807, 2.05) is 17.0 Å². The standard InChI is InChI=1S/C27H34N4O3/c1-20(32)29-12-14-30(15-13-29)24-6-7-26-22(16-24)9-11-31(27(26)34)19-25(33)18-28-10-8-21-4-2-3-5-23(21)17-28/h2-7,16,25,33H,8-15,17-19H2,1H3. The summed E-state index contributed by atoms with van der Waals surface area (Å²) in [5, 5.41) is 10.8. The molecule has 7 heteroatoms. The number of aliphatic hydroxyl groups is 1. The molecule has 180 valence electrons. The van der Waals surface area contributed by atoms with E-state index in [2.05, 4.69) is 40.1 Å². The van der Waals surface area contributed by atoms with Gasteiger partial charge in [0.2, 0.25) is 5.91 Å². The molecule has 0 bridgehead atoms. The highest BCUT2D eigenvalue weighted by Crippen LogP contribution is 2.26. The van der Waals surface area contributed by atoms with Crippen LogP contribution in [-0.2, 0) is 24.2 Å². The molecular formula is C27H34N4O3. The van der Waals surface area contributed by atoms with Crippen LogP contribution in [0.1, 0.15) is 34.0 Å². The van der Waals surface area contributed by atoms with E-state index in [-0.39, 0.29) is 11.8 Å². The van der Waals surface area contributed by atoms with Gasteiger partial charge in [-0.15, -0.1) is 0 Å². The number of β-amino-alcohol motifs (C(OH)–C–C–N with tert-alkyl or cyclic N) is 1. The molecule has 34 heavy (non-hydrogen) atoms. The summed E-state index contributed by atoms with van der Waals surface area (Å²) in [6.45, 7) is 8.08. The zero-order valence-electron chi connectivity index (χ0n) is 19.9. The molecule has 3 aliphatic rings. The van der Waals surface area contributed by atoms with Gasteiger partial charge < -0.3 is 19.8 Å². The van der Waals surface area contributed by atoms with Gasteiger partial charge in [-0.2, -0.15) is 0 Å². The summed E-state index contributed by atoms with van der Waals surface area (Å²) in [5.41, 5.74) is 5.68. The van der Waals surface area contributed by atoms with E-state index in [0.29, 0.717) is 19.6 Å². The van der Waals surface area contributed by atoms with Gasteiger partial charge in [0.15, 0.2) is 0 Å². The molecule has 2 aromatic carbocycles. The van der Waals surface area contributed by atoms with E-state index in [9.17, 15) is 14.7 Å². The average Bonchev–Trinajstić information content (AvgIpc) is 2.85. The molecule has 3 heterocycles. The van der Waals surface area contributed by atoms with Crippen molar-refractivity contribution in [1.82, 2.24) is 14.7 Å². The first kappa shape index (κ1) is 22.9. The highest BCUT2D eigenvalue weighted by atomic mass is 16.3. The molecule has 0 spiro atoms. The van der Waals surface area contributed by atoms with Gasteiger partial charge in [-0.05, 0) is 47.7 Å². The second-order valence-corrected chi connectivity index (χ2v) is 9.74. The monoisotopic (exact) mass is 462 g/mol. The molecule has 1 fully saturated rings. The van der Waals surface area contributed by atoms with Crippen LogP contribution in [0.5, 0.6) is 0 Å². The smallest absolute Gasteiger partial charge is 0.254 e. The summed E-state index contributed by atoms with van der Waals surface area (Å²) in [4.78, 5) is 33.0. The van der Waals surface area contributed by atoms with Crippen LogP contribution in [0.25, 0.3) is 0 Å². The van der Waals surface area contributed by atoms with Crippen LogP contribution in [0.2, 0.25) is 0 Å². The fraction of sp³-hybridized carbons (Fsp3) is 0.481. The lowest BCUT2D eigenvalue weighted by atomic mass is 9.97. The largest absolute Gasteiger partial charge is 0.390 e. The van der Waals surface area contributed by atoms with Crippen molar-refractivity contribution >= 4 is 17.5 Å². The maximum atomic E-state index is 13.2. The van der Waals surface area contributed by atoms with Crippen LogP contribution in [0.4, 0.5) is 5.69 Å². The summed E-state index contributed by atoms with van der Waals surface area (Å²) < 4.78 is 0. The maximum absolute atomic E-state index is 13.2. The number of nitrogens with zero attached hydrogens (tertiary/aromatic N) is 4. The lowest BCUT2D eigenvalue weighted by Crippen LogP contribution is -2.48. The molecule has 7 nitrogen and oxygen atoms in total. The Kier molecular flexibility index (Phi) is 6.57. The van der Waals surface area contributed by atoms with Gasteiger partial charge in [0.25, 0.3) is 5.91 Å². The summed E-state index contributed by atoms with van der Waals surface area (Å²) in [6, 6.07) is 14.6. The number of fused-ring (bicyclic) bond motifs is 2. The fourth-order valence-corrected chi connectivity index (χ4v) is 5.49. The molecule has 2 aromatic rings. The number of hydrogen-bond donors (Lipinski definition) is 1. The van der Waals surface area contributed by atoms with Gasteiger partial charge in [-0.3, -0.25) is 14.5 Å². The highest BCUT2D eigenvalue weighted by molar-refractivity contribution is 5.97. The van der Waals surface area contributed by atoms with Crippen LogP contribution in [0.3, 0.4) is 0 Å². The molecular weight excluding hydrogens is 428 g/mol. The average molecular weight is 463 g/mol. The van der Waals surface area contributed by atoms with Crippen molar-refractivity contribution < 1.29 is 14.7 Å². The number of piperazine rings is 1. The Morgan fingerprint density at radius 1 is 0.912 bits per heavy atom. The third-order valence-electron chi connectivity index (χ3n) is 7.46. The number of benzene rings is 2. The van der Waals surface area contributed by atoms with Gasteiger partial charge >= 0.3 is 0 Å². The fourth-order valence-electron chi connectivity index (χ4n) is 5.49. The van der Waals surface area contributed by atoms with Crippen molar-refractivity contribution in [2.75, 3.05) is 57.3 Å². The number of hydrogen-bond acceptors (Lipinski definition) is 5. The van der Waals surface area contributed by atoms with E-state index in [0.717, 1.165) is 68.9 Å². The molecule has 0 radical (unpaired) electrons. The predicted octanol–water partition coefficient (Wildman–Crippen LogP) is 1.77. The molecule has 3 aliphatic heterocycles. The minimum absolute atomic E-state index is 0.0113. The van der Waals surface area contributed by atoms with Gasteiger partial charge in [-0.25, -0.2) is 0 Å². The van der Waals surface area contributed by atoms with Gasteiger partial charge in [0.05, 0.1) is 6.10 Å². The van der Waals surface area contributed by atoms with Crippen LogP contribution < -0.4 is 4.90 Å². The molecule has 1 atom stereocenters. The molecule has 0 aliphatic carbocycles. The number of aliphatic hydroxyl groups excluding tert-OH is 1. The summed E-state index contributed by atoms with van der Waals surface area (Å²) in [6.07, 6.45) is 1.24. The third-order valence-corrected chi connectivity index (χ3v) is 7.46. The Labute approximate surface area is 201 Å². The predicted molar refractivity (Wildman–Crippen MR) is 132 cm³/mol. The second kappa shape index (κ2) is 9.76.